The zero-order valence-corrected chi connectivity index (χ0v) is 14.1. The van der Waals surface area contributed by atoms with E-state index in [4.69, 9.17) is 4.42 Å². The Morgan fingerprint density at radius 2 is 1.88 bits per heavy atom. The van der Waals surface area contributed by atoms with Crippen LogP contribution in [0.1, 0.15) is 0 Å². The van der Waals surface area contributed by atoms with E-state index in [-0.39, 0.29) is 5.70 Å². The van der Waals surface area contributed by atoms with Gasteiger partial charge in [0.05, 0.1) is 20.3 Å². The highest BCUT2D eigenvalue weighted by atomic mass is 16.5. The summed E-state index contributed by atoms with van der Waals surface area (Å²) in [6.45, 7) is 0. The van der Waals surface area contributed by atoms with E-state index < -0.39 is 11.9 Å². The van der Waals surface area contributed by atoms with Crippen LogP contribution in [-0.4, -0.2) is 36.1 Å². The molecular weight excluding hydrogens is 338 g/mol. The number of hydrogen-bond donors (Lipinski definition) is 1. The number of nitrogens with zero attached hydrogens (tertiary/aromatic N) is 2. The Bertz CT molecular complexity index is 943. The van der Waals surface area contributed by atoms with Gasteiger partial charge in [-0.05, 0) is 36.4 Å². The zero-order valence-electron chi connectivity index (χ0n) is 14.1. The Kier molecular flexibility index (Phi) is 4.93. The van der Waals surface area contributed by atoms with Crippen LogP contribution in [0, 0.1) is 0 Å². The second-order valence-electron chi connectivity index (χ2n) is 5.12. The third-order valence-corrected chi connectivity index (χ3v) is 3.44. The van der Waals surface area contributed by atoms with Gasteiger partial charge >= 0.3 is 11.9 Å². The van der Waals surface area contributed by atoms with Crippen LogP contribution in [0.3, 0.4) is 0 Å². The first-order chi connectivity index (χ1) is 12.6. The molecule has 0 unspecified atom stereocenters. The summed E-state index contributed by atoms with van der Waals surface area (Å²) in [6.07, 6.45) is 2.66. The molecule has 0 radical (unpaired) electrons. The molecule has 8 heteroatoms. The van der Waals surface area contributed by atoms with Crippen molar-refractivity contribution < 1.29 is 23.5 Å². The Labute approximate surface area is 148 Å². The zero-order chi connectivity index (χ0) is 18.5. The molecule has 0 aliphatic heterocycles. The lowest BCUT2D eigenvalue weighted by Crippen LogP contribution is -2.15. The standard InChI is InChI=1S/C18H15N3O5/c1-24-15(22)10-13(18(23)25-2)20-12-7-5-11(6-8-12)17-21-16-14(26-17)4-3-9-19-16/h3-10,20H,1-2H3/b13-10+. The molecule has 132 valence electrons. The van der Waals surface area contributed by atoms with Crippen LogP contribution in [0.25, 0.3) is 22.7 Å². The summed E-state index contributed by atoms with van der Waals surface area (Å²) < 4.78 is 14.8. The minimum absolute atomic E-state index is 0.0434. The molecule has 26 heavy (non-hydrogen) atoms. The third kappa shape index (κ3) is 3.69. The molecule has 3 rings (SSSR count). The number of carbonyl (C=O) groups excluding carboxylic acids is 2. The molecule has 0 atom stereocenters. The molecule has 2 heterocycles. The van der Waals surface area contributed by atoms with Crippen molar-refractivity contribution in [3.05, 3.63) is 54.4 Å². The van der Waals surface area contributed by atoms with E-state index in [0.717, 1.165) is 11.6 Å². The first-order valence-corrected chi connectivity index (χ1v) is 7.57. The summed E-state index contributed by atoms with van der Waals surface area (Å²) in [6, 6.07) is 10.5. The highest BCUT2D eigenvalue weighted by Gasteiger charge is 2.13. The fourth-order valence-corrected chi connectivity index (χ4v) is 2.18. The lowest BCUT2D eigenvalue weighted by Gasteiger charge is -2.09. The SMILES string of the molecule is COC(=O)/C=C(/Nc1ccc(-c2nc3ncccc3o2)cc1)C(=O)OC. The molecule has 0 aliphatic carbocycles. The molecule has 0 aliphatic rings. The summed E-state index contributed by atoms with van der Waals surface area (Å²) in [5.74, 6) is -0.929. The number of esters is 2. The van der Waals surface area contributed by atoms with Gasteiger partial charge in [0, 0.05) is 17.4 Å². The van der Waals surface area contributed by atoms with Crippen LogP contribution in [-0.2, 0) is 19.1 Å². The first-order valence-electron chi connectivity index (χ1n) is 7.57. The third-order valence-electron chi connectivity index (χ3n) is 3.44. The number of oxazole rings is 1. The number of rotatable bonds is 5. The number of methoxy groups -OCH3 is 2. The lowest BCUT2D eigenvalue weighted by atomic mass is 10.2. The van der Waals surface area contributed by atoms with Crippen LogP contribution < -0.4 is 5.32 Å². The minimum atomic E-state index is -0.690. The summed E-state index contributed by atoms with van der Waals surface area (Å²) in [7, 11) is 2.44. The fourth-order valence-electron chi connectivity index (χ4n) is 2.18. The van der Waals surface area contributed by atoms with E-state index in [9.17, 15) is 9.59 Å². The van der Waals surface area contributed by atoms with Gasteiger partial charge in [0.25, 0.3) is 0 Å². The molecule has 1 N–H and O–H groups in total. The van der Waals surface area contributed by atoms with E-state index in [1.54, 1.807) is 42.6 Å². The molecule has 0 amide bonds. The van der Waals surface area contributed by atoms with E-state index >= 15 is 0 Å². The predicted octanol–water partition coefficient (Wildman–Crippen LogP) is 2.53. The molecule has 0 fully saturated rings. The normalized spacial score (nSPS) is 11.2. The van der Waals surface area contributed by atoms with Crippen LogP contribution >= 0.6 is 0 Å². The number of aromatic nitrogens is 2. The van der Waals surface area contributed by atoms with E-state index in [0.29, 0.717) is 22.8 Å². The number of fused-ring (bicyclic) bond motifs is 1. The second-order valence-corrected chi connectivity index (χ2v) is 5.12. The van der Waals surface area contributed by atoms with Gasteiger partial charge in [0.1, 0.15) is 5.70 Å². The number of anilines is 1. The van der Waals surface area contributed by atoms with Crippen molar-refractivity contribution in [3.63, 3.8) is 0 Å². The summed E-state index contributed by atoms with van der Waals surface area (Å²) in [5.41, 5.74) is 2.39. The highest BCUT2D eigenvalue weighted by Crippen LogP contribution is 2.24. The van der Waals surface area contributed by atoms with Gasteiger partial charge in [-0.1, -0.05) is 0 Å². The van der Waals surface area contributed by atoms with E-state index in [2.05, 4.69) is 24.8 Å². The first kappa shape index (κ1) is 17.2. The Morgan fingerprint density at radius 3 is 2.54 bits per heavy atom. The van der Waals surface area contributed by atoms with Crippen molar-refractivity contribution in [2.24, 2.45) is 0 Å². The fraction of sp³-hybridized carbons (Fsp3) is 0.111. The Balaban J connectivity index is 1.83. The van der Waals surface area contributed by atoms with Gasteiger partial charge in [-0.3, -0.25) is 0 Å². The Morgan fingerprint density at radius 1 is 1.12 bits per heavy atom. The number of pyridine rings is 1. The average Bonchev–Trinajstić information content (AvgIpc) is 3.11. The van der Waals surface area contributed by atoms with Gasteiger partial charge < -0.3 is 19.2 Å². The molecule has 1 aromatic carbocycles. The van der Waals surface area contributed by atoms with Crippen molar-refractivity contribution in [3.8, 4) is 11.5 Å². The van der Waals surface area contributed by atoms with Gasteiger partial charge in [0.15, 0.2) is 11.2 Å². The van der Waals surface area contributed by atoms with E-state index in [1.807, 2.05) is 0 Å². The van der Waals surface area contributed by atoms with E-state index in [1.165, 1.54) is 14.2 Å². The van der Waals surface area contributed by atoms with Crippen molar-refractivity contribution in [2.45, 2.75) is 0 Å². The quantitative estimate of drug-likeness (QED) is 0.551. The van der Waals surface area contributed by atoms with Crippen LogP contribution in [0.4, 0.5) is 5.69 Å². The molecular formula is C18H15N3O5. The summed E-state index contributed by atoms with van der Waals surface area (Å²) in [5, 5.41) is 2.82. The molecule has 3 aromatic rings. The van der Waals surface area contributed by atoms with Crippen molar-refractivity contribution in [2.75, 3.05) is 19.5 Å². The monoisotopic (exact) mass is 353 g/mol. The number of ether oxygens (including phenoxy) is 2. The number of hydrogen-bond acceptors (Lipinski definition) is 8. The predicted molar refractivity (Wildman–Crippen MR) is 93.0 cm³/mol. The second kappa shape index (κ2) is 7.47. The maximum atomic E-state index is 11.8. The van der Waals surface area contributed by atoms with Crippen LogP contribution in [0.15, 0.2) is 58.8 Å². The average molecular weight is 353 g/mol. The summed E-state index contributed by atoms with van der Waals surface area (Å²) >= 11 is 0. The number of nitrogens with one attached hydrogen (secondary N) is 1. The minimum Gasteiger partial charge on any atom is -0.466 e. The summed E-state index contributed by atoms with van der Waals surface area (Å²) in [4.78, 5) is 31.6. The van der Waals surface area contributed by atoms with Crippen molar-refractivity contribution in [1.82, 2.24) is 9.97 Å². The van der Waals surface area contributed by atoms with Crippen LogP contribution in [0.5, 0.6) is 0 Å². The molecule has 0 bridgehead atoms. The molecule has 0 saturated carbocycles. The van der Waals surface area contributed by atoms with Crippen molar-refractivity contribution in [1.29, 1.82) is 0 Å². The molecule has 0 spiro atoms. The van der Waals surface area contributed by atoms with Crippen molar-refractivity contribution >= 4 is 28.9 Å². The molecule has 0 saturated heterocycles. The maximum Gasteiger partial charge on any atom is 0.354 e. The van der Waals surface area contributed by atoms with Gasteiger partial charge in [0.2, 0.25) is 5.89 Å². The Hall–Kier alpha value is -3.68. The lowest BCUT2D eigenvalue weighted by molar-refractivity contribution is -0.138. The van der Waals surface area contributed by atoms with Crippen LogP contribution in [0.2, 0.25) is 0 Å². The van der Waals surface area contributed by atoms with Gasteiger partial charge in [-0.2, -0.15) is 4.98 Å². The number of carbonyl (C=O) groups is 2. The number of benzene rings is 1. The largest absolute Gasteiger partial charge is 0.466 e. The van der Waals surface area contributed by atoms with Gasteiger partial charge in [-0.25, -0.2) is 14.6 Å². The highest BCUT2D eigenvalue weighted by molar-refractivity contribution is 5.98. The topological polar surface area (TPSA) is 104 Å². The molecule has 2 aromatic heterocycles. The van der Waals surface area contributed by atoms with Gasteiger partial charge in [-0.15, -0.1) is 0 Å². The smallest absolute Gasteiger partial charge is 0.354 e. The molecule has 8 nitrogen and oxygen atoms in total. The maximum absolute atomic E-state index is 11.8.